The molecule has 3 rings (SSSR count). The van der Waals surface area contributed by atoms with Crippen molar-refractivity contribution in [2.45, 2.75) is 18.7 Å². The lowest BCUT2D eigenvalue weighted by atomic mass is 9.99. The quantitative estimate of drug-likeness (QED) is 0.652. The highest BCUT2D eigenvalue weighted by atomic mass is 35.5. The van der Waals surface area contributed by atoms with E-state index in [0.717, 1.165) is 5.92 Å². The van der Waals surface area contributed by atoms with Crippen LogP contribution in [-0.4, -0.2) is 0 Å². The molecule has 1 aliphatic rings. The predicted molar refractivity (Wildman–Crippen MR) is 69.8 cm³/mol. The molecule has 1 saturated carbocycles. The summed E-state index contributed by atoms with van der Waals surface area (Å²) in [7, 11) is 0. The van der Waals surface area contributed by atoms with E-state index in [2.05, 4.69) is 49.4 Å². The molecule has 3 atom stereocenters. The first-order chi connectivity index (χ1) is 7.77. The Bertz CT molecular complexity index is 512. The summed E-state index contributed by atoms with van der Waals surface area (Å²) in [6, 6.07) is 14.9. The van der Waals surface area contributed by atoms with Crippen LogP contribution in [0.1, 0.15) is 24.3 Å². The van der Waals surface area contributed by atoms with Crippen LogP contribution in [0, 0.1) is 11.8 Å². The summed E-state index contributed by atoms with van der Waals surface area (Å²) in [5.41, 5.74) is 1.30. The summed E-state index contributed by atoms with van der Waals surface area (Å²) >= 11 is 6.58. The second kappa shape index (κ2) is 3.78. The summed E-state index contributed by atoms with van der Waals surface area (Å²) in [5.74, 6) is 1.47. The molecule has 16 heavy (non-hydrogen) atoms. The molecule has 1 aliphatic carbocycles. The maximum Gasteiger partial charge on any atom is 0.0622 e. The summed E-state index contributed by atoms with van der Waals surface area (Å²) < 4.78 is 0. The van der Waals surface area contributed by atoms with E-state index in [-0.39, 0.29) is 5.38 Å². The first-order valence-corrected chi connectivity index (χ1v) is 6.33. The van der Waals surface area contributed by atoms with Gasteiger partial charge >= 0.3 is 0 Å². The Morgan fingerprint density at radius 2 is 1.81 bits per heavy atom. The molecule has 0 amide bonds. The minimum atomic E-state index is 0.182. The van der Waals surface area contributed by atoms with Crippen LogP contribution >= 0.6 is 11.6 Å². The van der Waals surface area contributed by atoms with E-state index in [1.807, 2.05) is 0 Å². The molecule has 0 spiro atoms. The van der Waals surface area contributed by atoms with Crippen molar-refractivity contribution in [3.05, 3.63) is 48.0 Å². The molecule has 0 aromatic heterocycles. The van der Waals surface area contributed by atoms with Crippen LogP contribution in [0.15, 0.2) is 42.5 Å². The molecule has 2 aromatic carbocycles. The topological polar surface area (TPSA) is 0 Å². The second-order valence-electron chi connectivity index (χ2n) is 4.85. The van der Waals surface area contributed by atoms with Gasteiger partial charge in [0.15, 0.2) is 0 Å². The lowest BCUT2D eigenvalue weighted by Gasteiger charge is -2.12. The molecular weight excluding hydrogens is 216 g/mol. The van der Waals surface area contributed by atoms with Crippen molar-refractivity contribution in [1.82, 2.24) is 0 Å². The maximum absolute atomic E-state index is 6.58. The average molecular weight is 231 g/mol. The third-order valence-corrected chi connectivity index (χ3v) is 4.23. The fourth-order valence-corrected chi connectivity index (χ4v) is 3.02. The van der Waals surface area contributed by atoms with Gasteiger partial charge in [0.1, 0.15) is 0 Å². The summed E-state index contributed by atoms with van der Waals surface area (Å²) in [6.07, 6.45) is 1.28. The minimum absolute atomic E-state index is 0.182. The maximum atomic E-state index is 6.58. The van der Waals surface area contributed by atoms with Crippen molar-refractivity contribution in [2.75, 3.05) is 0 Å². The third kappa shape index (κ3) is 1.62. The molecule has 2 aromatic rings. The van der Waals surface area contributed by atoms with E-state index in [4.69, 9.17) is 11.6 Å². The normalized spacial score (nSPS) is 25.6. The van der Waals surface area contributed by atoms with Gasteiger partial charge < -0.3 is 0 Å². The zero-order valence-corrected chi connectivity index (χ0v) is 10.1. The number of halogens is 1. The number of fused-ring (bicyclic) bond motifs is 1. The van der Waals surface area contributed by atoms with Crippen molar-refractivity contribution in [3.8, 4) is 0 Å². The molecule has 1 heteroatoms. The van der Waals surface area contributed by atoms with Crippen LogP contribution in [0.2, 0.25) is 0 Å². The molecule has 0 bridgehead atoms. The summed E-state index contributed by atoms with van der Waals surface area (Å²) in [6.45, 7) is 2.28. The molecule has 0 heterocycles. The first kappa shape index (κ1) is 10.2. The minimum Gasteiger partial charge on any atom is -0.117 e. The second-order valence-corrected chi connectivity index (χ2v) is 5.32. The Balaban J connectivity index is 2.09. The zero-order valence-electron chi connectivity index (χ0n) is 9.36. The number of benzene rings is 2. The Kier molecular flexibility index (Phi) is 2.40. The van der Waals surface area contributed by atoms with Gasteiger partial charge in [0, 0.05) is 0 Å². The molecule has 3 unspecified atom stereocenters. The van der Waals surface area contributed by atoms with Gasteiger partial charge in [0.25, 0.3) is 0 Å². The molecule has 1 fully saturated rings. The average Bonchev–Trinajstić information content (AvgIpc) is 3.05. The monoisotopic (exact) mass is 230 g/mol. The molecular formula is C15H15Cl. The highest BCUT2D eigenvalue weighted by Crippen LogP contribution is 2.51. The third-order valence-electron chi connectivity index (χ3n) is 3.67. The van der Waals surface area contributed by atoms with Crippen molar-refractivity contribution in [3.63, 3.8) is 0 Å². The fraction of sp³-hybridized carbons (Fsp3) is 0.333. The lowest BCUT2D eigenvalue weighted by Crippen LogP contribution is -1.95. The zero-order chi connectivity index (χ0) is 11.1. The van der Waals surface area contributed by atoms with Gasteiger partial charge in [-0.2, -0.15) is 0 Å². The van der Waals surface area contributed by atoms with E-state index in [0.29, 0.717) is 5.92 Å². The Morgan fingerprint density at radius 1 is 1.12 bits per heavy atom. The van der Waals surface area contributed by atoms with Gasteiger partial charge in [-0.15, -0.1) is 11.6 Å². The first-order valence-electron chi connectivity index (χ1n) is 5.89. The predicted octanol–water partition coefficient (Wildman–Crippen LogP) is 4.78. The van der Waals surface area contributed by atoms with Crippen LogP contribution in [-0.2, 0) is 0 Å². The van der Waals surface area contributed by atoms with Crippen molar-refractivity contribution >= 4 is 22.4 Å². The van der Waals surface area contributed by atoms with Gasteiger partial charge in [0.2, 0.25) is 0 Å². The Hall–Kier alpha value is -1.01. The van der Waals surface area contributed by atoms with Gasteiger partial charge in [-0.1, -0.05) is 49.4 Å². The number of alkyl halides is 1. The SMILES string of the molecule is CC1CC1C(Cl)c1cccc2ccccc12. The highest BCUT2D eigenvalue weighted by Gasteiger charge is 2.39. The molecule has 0 nitrogen and oxygen atoms in total. The van der Waals surface area contributed by atoms with Crippen LogP contribution in [0.25, 0.3) is 10.8 Å². The van der Waals surface area contributed by atoms with E-state index < -0.39 is 0 Å². The lowest BCUT2D eigenvalue weighted by molar-refractivity contribution is 0.726. The van der Waals surface area contributed by atoms with Crippen molar-refractivity contribution in [1.29, 1.82) is 0 Å². The van der Waals surface area contributed by atoms with E-state index in [1.165, 1.54) is 22.8 Å². The van der Waals surface area contributed by atoms with Gasteiger partial charge in [-0.3, -0.25) is 0 Å². The molecule has 82 valence electrons. The number of rotatable bonds is 2. The van der Waals surface area contributed by atoms with Crippen molar-refractivity contribution in [2.24, 2.45) is 11.8 Å². The highest BCUT2D eigenvalue weighted by molar-refractivity contribution is 6.22. The van der Waals surface area contributed by atoms with Crippen LogP contribution in [0.4, 0.5) is 0 Å². The van der Waals surface area contributed by atoms with E-state index in [9.17, 15) is 0 Å². The standard InChI is InChI=1S/C15H15Cl/c1-10-9-14(10)15(16)13-8-4-6-11-5-2-3-7-12(11)13/h2-8,10,14-15H,9H2,1H3. The molecule has 0 saturated heterocycles. The van der Waals surface area contributed by atoms with Crippen LogP contribution in [0.3, 0.4) is 0 Å². The summed E-state index contributed by atoms with van der Waals surface area (Å²) in [4.78, 5) is 0. The van der Waals surface area contributed by atoms with E-state index >= 15 is 0 Å². The summed E-state index contributed by atoms with van der Waals surface area (Å²) in [5, 5.41) is 2.78. The number of hydrogen-bond donors (Lipinski definition) is 0. The fourth-order valence-electron chi connectivity index (χ4n) is 2.48. The van der Waals surface area contributed by atoms with Crippen LogP contribution < -0.4 is 0 Å². The van der Waals surface area contributed by atoms with Gasteiger partial charge in [-0.05, 0) is 34.6 Å². The smallest absolute Gasteiger partial charge is 0.0622 e. The number of hydrogen-bond acceptors (Lipinski definition) is 0. The molecule has 0 N–H and O–H groups in total. The van der Waals surface area contributed by atoms with Crippen LogP contribution in [0.5, 0.6) is 0 Å². The van der Waals surface area contributed by atoms with E-state index in [1.54, 1.807) is 0 Å². The molecule has 0 aliphatic heterocycles. The Morgan fingerprint density at radius 3 is 2.56 bits per heavy atom. The van der Waals surface area contributed by atoms with Gasteiger partial charge in [-0.25, -0.2) is 0 Å². The largest absolute Gasteiger partial charge is 0.117 e. The van der Waals surface area contributed by atoms with Crippen molar-refractivity contribution < 1.29 is 0 Å². The molecule has 0 radical (unpaired) electrons. The Labute approximate surface area is 101 Å². The van der Waals surface area contributed by atoms with Gasteiger partial charge in [0.05, 0.1) is 5.38 Å².